The molecule has 0 bridgehead atoms. The van der Waals surface area contributed by atoms with Gasteiger partial charge in [0, 0.05) is 17.4 Å². The van der Waals surface area contributed by atoms with Crippen molar-refractivity contribution in [1.82, 2.24) is 0 Å². The predicted octanol–water partition coefficient (Wildman–Crippen LogP) is 2.49. The zero-order valence-electron chi connectivity index (χ0n) is 10.4. The van der Waals surface area contributed by atoms with E-state index in [-0.39, 0.29) is 11.4 Å². The summed E-state index contributed by atoms with van der Waals surface area (Å²) in [6.45, 7) is 0. The molecule has 0 radical (unpaired) electrons. The third-order valence-corrected chi connectivity index (χ3v) is 2.54. The number of nitriles is 1. The van der Waals surface area contributed by atoms with Crippen LogP contribution in [-0.4, -0.2) is 11.1 Å². The highest BCUT2D eigenvalue weighted by Gasteiger charge is 2.06. The number of carbonyl (C=O) groups excluding carboxylic acids is 1. The van der Waals surface area contributed by atoms with Crippen LogP contribution in [0, 0.1) is 11.3 Å². The molecule has 0 fully saturated rings. The van der Waals surface area contributed by atoms with Crippen molar-refractivity contribution in [2.45, 2.75) is 0 Å². The molecule has 0 atom stereocenters. The Balaban J connectivity index is 2.03. The van der Waals surface area contributed by atoms with Crippen molar-refractivity contribution in [3.8, 4) is 11.8 Å². The number of nitrogens with two attached hydrogens (primary N) is 1. The lowest BCUT2D eigenvalue weighted by atomic mass is 10.2. The predicted molar refractivity (Wildman–Crippen MR) is 76.3 cm³/mol. The minimum absolute atomic E-state index is 0.111. The Morgan fingerprint density at radius 2 is 1.85 bits per heavy atom. The molecule has 0 aliphatic heterocycles. The van der Waals surface area contributed by atoms with E-state index in [2.05, 4.69) is 10.6 Å². The number of aromatic hydroxyl groups is 1. The summed E-state index contributed by atoms with van der Waals surface area (Å²) in [5.74, 6) is -0.111. The van der Waals surface area contributed by atoms with Gasteiger partial charge in [-0.15, -0.1) is 0 Å². The molecule has 5 N–H and O–H groups in total. The van der Waals surface area contributed by atoms with Gasteiger partial charge in [-0.2, -0.15) is 5.26 Å². The molecule has 0 aromatic heterocycles. The van der Waals surface area contributed by atoms with Crippen molar-refractivity contribution >= 4 is 23.1 Å². The first-order chi connectivity index (χ1) is 9.58. The molecule has 2 rings (SSSR count). The van der Waals surface area contributed by atoms with Crippen molar-refractivity contribution in [2.75, 3.05) is 16.4 Å². The second-order valence-corrected chi connectivity index (χ2v) is 4.04. The van der Waals surface area contributed by atoms with E-state index in [0.29, 0.717) is 16.9 Å². The number of urea groups is 1. The number of benzene rings is 2. The molecule has 0 heterocycles. The Kier molecular flexibility index (Phi) is 3.72. The number of phenolic OH excluding ortho intramolecular Hbond substituents is 1. The van der Waals surface area contributed by atoms with E-state index < -0.39 is 6.03 Å². The molecule has 0 saturated carbocycles. The van der Waals surface area contributed by atoms with Crippen LogP contribution in [0.2, 0.25) is 0 Å². The number of hydrogen-bond donors (Lipinski definition) is 4. The number of nitrogens with one attached hydrogen (secondary N) is 2. The topological polar surface area (TPSA) is 111 Å². The summed E-state index contributed by atoms with van der Waals surface area (Å²) < 4.78 is 0. The smallest absolute Gasteiger partial charge is 0.323 e. The van der Waals surface area contributed by atoms with Crippen LogP contribution in [0.4, 0.5) is 21.9 Å². The molecule has 0 aliphatic rings. The van der Waals surface area contributed by atoms with Crippen LogP contribution >= 0.6 is 0 Å². The molecule has 0 aliphatic carbocycles. The van der Waals surface area contributed by atoms with Crippen LogP contribution in [0.1, 0.15) is 5.56 Å². The second kappa shape index (κ2) is 5.63. The third kappa shape index (κ3) is 3.17. The maximum atomic E-state index is 11.7. The molecule has 6 heteroatoms. The van der Waals surface area contributed by atoms with Crippen LogP contribution in [0.5, 0.6) is 5.75 Å². The Labute approximate surface area is 115 Å². The van der Waals surface area contributed by atoms with Gasteiger partial charge in [-0.1, -0.05) is 0 Å². The second-order valence-electron chi connectivity index (χ2n) is 4.04. The van der Waals surface area contributed by atoms with Crippen LogP contribution < -0.4 is 16.4 Å². The van der Waals surface area contributed by atoms with Crippen molar-refractivity contribution < 1.29 is 9.90 Å². The van der Waals surface area contributed by atoms with Crippen molar-refractivity contribution in [3.63, 3.8) is 0 Å². The van der Waals surface area contributed by atoms with E-state index in [1.165, 1.54) is 12.1 Å². The summed E-state index contributed by atoms with van der Waals surface area (Å²) in [5, 5.41) is 23.4. The molecular formula is C14H12N4O2. The first-order valence-corrected chi connectivity index (χ1v) is 5.75. The van der Waals surface area contributed by atoms with E-state index in [4.69, 9.17) is 11.0 Å². The molecule has 20 heavy (non-hydrogen) atoms. The number of carbonyl (C=O) groups is 1. The Morgan fingerprint density at radius 3 is 2.45 bits per heavy atom. The van der Waals surface area contributed by atoms with Crippen molar-refractivity contribution in [2.24, 2.45) is 0 Å². The maximum Gasteiger partial charge on any atom is 0.323 e. The van der Waals surface area contributed by atoms with Crippen LogP contribution in [-0.2, 0) is 0 Å². The first kappa shape index (κ1) is 13.2. The van der Waals surface area contributed by atoms with Crippen LogP contribution in [0.3, 0.4) is 0 Å². The number of nitrogens with zero attached hydrogens (tertiary/aromatic N) is 1. The minimum atomic E-state index is -0.505. The van der Waals surface area contributed by atoms with Gasteiger partial charge in [0.25, 0.3) is 0 Å². The van der Waals surface area contributed by atoms with Crippen molar-refractivity contribution in [1.29, 1.82) is 5.26 Å². The lowest BCUT2D eigenvalue weighted by Crippen LogP contribution is -2.19. The van der Waals surface area contributed by atoms with Gasteiger partial charge >= 0.3 is 6.03 Å². The summed E-state index contributed by atoms with van der Waals surface area (Å²) in [7, 11) is 0. The molecule has 0 saturated heterocycles. The average Bonchev–Trinajstić information content (AvgIpc) is 2.43. The zero-order chi connectivity index (χ0) is 14.5. The summed E-state index contributed by atoms with van der Waals surface area (Å²) in [6.07, 6.45) is 0. The van der Waals surface area contributed by atoms with Gasteiger partial charge in [-0.05, 0) is 36.4 Å². The molecule has 6 nitrogen and oxygen atoms in total. The fraction of sp³-hybridized carbons (Fsp3) is 0. The Hall–Kier alpha value is -3.20. The largest absolute Gasteiger partial charge is 0.506 e. The lowest BCUT2D eigenvalue weighted by Gasteiger charge is -2.09. The van der Waals surface area contributed by atoms with Gasteiger partial charge in [-0.25, -0.2) is 4.79 Å². The van der Waals surface area contributed by atoms with Crippen molar-refractivity contribution in [3.05, 3.63) is 48.0 Å². The first-order valence-electron chi connectivity index (χ1n) is 5.75. The molecule has 2 amide bonds. The standard InChI is InChI=1S/C14H12N4O2/c15-8-9-1-4-11(5-2-9)17-14(20)18-12-6-3-10(16)7-13(12)19/h1-7,19H,16H2,(H2,17,18,20). The fourth-order valence-electron chi connectivity index (χ4n) is 1.57. The van der Waals surface area contributed by atoms with Crippen LogP contribution in [0.15, 0.2) is 42.5 Å². The quantitative estimate of drug-likeness (QED) is 0.495. The van der Waals surface area contributed by atoms with E-state index in [0.717, 1.165) is 0 Å². The molecule has 2 aromatic carbocycles. The summed E-state index contributed by atoms with van der Waals surface area (Å²) in [5.41, 5.74) is 7.20. The third-order valence-electron chi connectivity index (χ3n) is 2.54. The average molecular weight is 268 g/mol. The highest BCUT2D eigenvalue weighted by molar-refractivity contribution is 6.00. The van der Waals surface area contributed by atoms with Gasteiger partial charge in [0.2, 0.25) is 0 Å². The minimum Gasteiger partial charge on any atom is -0.506 e. The maximum absolute atomic E-state index is 11.7. The number of nitrogen functional groups attached to an aromatic ring is 1. The number of amides is 2. The lowest BCUT2D eigenvalue weighted by molar-refractivity contribution is 0.262. The van der Waals surface area contributed by atoms with Gasteiger partial charge in [0.05, 0.1) is 17.3 Å². The summed E-state index contributed by atoms with van der Waals surface area (Å²) in [6, 6.07) is 12.3. The van der Waals surface area contributed by atoms with E-state index in [1.54, 1.807) is 30.3 Å². The molecular weight excluding hydrogens is 256 g/mol. The van der Waals surface area contributed by atoms with E-state index >= 15 is 0 Å². The number of phenols is 1. The van der Waals surface area contributed by atoms with Crippen LogP contribution in [0.25, 0.3) is 0 Å². The summed E-state index contributed by atoms with van der Waals surface area (Å²) >= 11 is 0. The monoisotopic (exact) mass is 268 g/mol. The van der Waals surface area contributed by atoms with Gasteiger partial charge < -0.3 is 21.5 Å². The van der Waals surface area contributed by atoms with Gasteiger partial charge in [0.1, 0.15) is 5.75 Å². The zero-order valence-corrected chi connectivity index (χ0v) is 10.4. The highest BCUT2D eigenvalue weighted by Crippen LogP contribution is 2.25. The normalized spacial score (nSPS) is 9.55. The SMILES string of the molecule is N#Cc1ccc(NC(=O)Nc2ccc(N)cc2O)cc1. The number of hydrogen-bond acceptors (Lipinski definition) is 4. The Bertz CT molecular complexity index is 675. The van der Waals surface area contributed by atoms with Gasteiger partial charge in [-0.3, -0.25) is 0 Å². The number of rotatable bonds is 2. The number of anilines is 3. The summed E-state index contributed by atoms with van der Waals surface area (Å²) in [4.78, 5) is 11.7. The highest BCUT2D eigenvalue weighted by atomic mass is 16.3. The van der Waals surface area contributed by atoms with E-state index in [1.807, 2.05) is 6.07 Å². The molecule has 0 unspecified atom stereocenters. The van der Waals surface area contributed by atoms with Gasteiger partial charge in [0.15, 0.2) is 0 Å². The molecule has 100 valence electrons. The Morgan fingerprint density at radius 1 is 1.15 bits per heavy atom. The molecule has 0 spiro atoms. The fourth-order valence-corrected chi connectivity index (χ4v) is 1.57. The molecule has 2 aromatic rings. The van der Waals surface area contributed by atoms with E-state index in [9.17, 15) is 9.90 Å².